The molecule has 2 heterocycles. The summed E-state index contributed by atoms with van der Waals surface area (Å²) in [6.45, 7) is 5.66. The third-order valence-electron chi connectivity index (χ3n) is 6.20. The summed E-state index contributed by atoms with van der Waals surface area (Å²) in [4.78, 5) is 5.37. The molecule has 0 aromatic carbocycles. The minimum Gasteiger partial charge on any atom is -0.329 e. The van der Waals surface area contributed by atoms with Crippen LogP contribution in [0, 0.1) is 5.92 Å². The van der Waals surface area contributed by atoms with Crippen molar-refractivity contribution in [2.45, 2.75) is 69.5 Å². The largest absolute Gasteiger partial charge is 0.329 e. The number of piperidine rings is 1. The smallest absolute Gasteiger partial charge is 0.0476 e. The van der Waals surface area contributed by atoms with E-state index in [-0.39, 0.29) is 5.54 Å². The lowest BCUT2D eigenvalue weighted by Crippen LogP contribution is -2.63. The lowest BCUT2D eigenvalue weighted by atomic mass is 9.75. The van der Waals surface area contributed by atoms with Crippen LogP contribution in [-0.2, 0) is 0 Å². The molecule has 0 bridgehead atoms. The maximum Gasteiger partial charge on any atom is 0.0476 e. The first-order valence-corrected chi connectivity index (χ1v) is 8.33. The van der Waals surface area contributed by atoms with E-state index in [0.717, 1.165) is 18.5 Å². The van der Waals surface area contributed by atoms with Crippen LogP contribution in [0.25, 0.3) is 0 Å². The SMILES string of the molecule is CC1CC(CN)(N2CCCC3CCCCC32)CN1C. The van der Waals surface area contributed by atoms with Crippen LogP contribution in [0.4, 0.5) is 0 Å². The Bertz CT molecular complexity index is 305. The third kappa shape index (κ3) is 2.34. The predicted molar refractivity (Wildman–Crippen MR) is 80.2 cm³/mol. The van der Waals surface area contributed by atoms with E-state index in [1.165, 1.54) is 58.0 Å². The summed E-state index contributed by atoms with van der Waals surface area (Å²) in [5.74, 6) is 0.965. The van der Waals surface area contributed by atoms with E-state index in [1.54, 1.807) is 0 Å². The highest BCUT2D eigenvalue weighted by Crippen LogP contribution is 2.42. The summed E-state index contributed by atoms with van der Waals surface area (Å²) >= 11 is 0. The molecule has 1 saturated carbocycles. The first kappa shape index (κ1) is 13.8. The molecule has 0 radical (unpaired) electrons. The van der Waals surface area contributed by atoms with Gasteiger partial charge >= 0.3 is 0 Å². The zero-order valence-corrected chi connectivity index (χ0v) is 12.8. The zero-order chi connectivity index (χ0) is 13.5. The van der Waals surface area contributed by atoms with Crippen molar-refractivity contribution >= 4 is 0 Å². The summed E-state index contributed by atoms with van der Waals surface area (Å²) < 4.78 is 0. The molecule has 0 aromatic heterocycles. The Morgan fingerprint density at radius 2 is 1.89 bits per heavy atom. The van der Waals surface area contributed by atoms with Crippen molar-refractivity contribution in [1.29, 1.82) is 0 Å². The van der Waals surface area contributed by atoms with E-state index < -0.39 is 0 Å². The second kappa shape index (κ2) is 5.34. The lowest BCUT2D eigenvalue weighted by Gasteiger charge is -2.52. The van der Waals surface area contributed by atoms with Crippen molar-refractivity contribution in [2.75, 3.05) is 26.7 Å². The highest BCUT2D eigenvalue weighted by atomic mass is 15.3. The molecule has 1 aliphatic carbocycles. The van der Waals surface area contributed by atoms with Crippen LogP contribution in [0.2, 0.25) is 0 Å². The molecule has 0 aromatic rings. The van der Waals surface area contributed by atoms with Gasteiger partial charge in [0, 0.05) is 30.7 Å². The maximum absolute atomic E-state index is 6.28. The minimum atomic E-state index is 0.273. The average molecular weight is 265 g/mol. The van der Waals surface area contributed by atoms with Crippen molar-refractivity contribution in [3.05, 3.63) is 0 Å². The molecule has 2 aliphatic heterocycles. The fourth-order valence-corrected chi connectivity index (χ4v) is 5.08. The van der Waals surface area contributed by atoms with Gasteiger partial charge in [-0.25, -0.2) is 0 Å². The quantitative estimate of drug-likeness (QED) is 0.829. The van der Waals surface area contributed by atoms with Crippen molar-refractivity contribution in [3.63, 3.8) is 0 Å². The molecule has 3 aliphatic rings. The number of nitrogens with two attached hydrogens (primary N) is 1. The summed E-state index contributed by atoms with van der Waals surface area (Å²) in [6.07, 6.45) is 9.90. The predicted octanol–water partition coefficient (Wildman–Crippen LogP) is 2.06. The second-order valence-electron chi connectivity index (χ2n) is 7.34. The first-order chi connectivity index (χ1) is 9.16. The monoisotopic (exact) mass is 265 g/mol. The molecular weight excluding hydrogens is 234 g/mol. The topological polar surface area (TPSA) is 32.5 Å². The normalized spacial score (nSPS) is 45.3. The molecule has 3 heteroatoms. The Balaban J connectivity index is 1.82. The van der Waals surface area contributed by atoms with E-state index in [9.17, 15) is 0 Å². The third-order valence-corrected chi connectivity index (χ3v) is 6.20. The van der Waals surface area contributed by atoms with Gasteiger partial charge in [-0.3, -0.25) is 4.90 Å². The van der Waals surface area contributed by atoms with E-state index in [4.69, 9.17) is 5.73 Å². The number of likely N-dealkylation sites (tertiary alicyclic amines) is 2. The summed E-state index contributed by atoms with van der Waals surface area (Å²) in [5.41, 5.74) is 6.55. The van der Waals surface area contributed by atoms with Gasteiger partial charge in [0.2, 0.25) is 0 Å². The van der Waals surface area contributed by atoms with E-state index >= 15 is 0 Å². The Kier molecular flexibility index (Phi) is 3.89. The van der Waals surface area contributed by atoms with Gasteiger partial charge in [-0.05, 0) is 58.5 Å². The van der Waals surface area contributed by atoms with E-state index in [1.807, 2.05) is 0 Å². The molecule has 3 nitrogen and oxygen atoms in total. The molecule has 3 fully saturated rings. The molecule has 2 N–H and O–H groups in total. The van der Waals surface area contributed by atoms with Gasteiger partial charge in [-0.15, -0.1) is 0 Å². The highest BCUT2D eigenvalue weighted by Gasteiger charge is 2.49. The molecule has 4 atom stereocenters. The zero-order valence-electron chi connectivity index (χ0n) is 12.8. The molecule has 3 rings (SSSR count). The summed E-state index contributed by atoms with van der Waals surface area (Å²) in [6, 6.07) is 1.53. The van der Waals surface area contributed by atoms with Crippen LogP contribution in [0.15, 0.2) is 0 Å². The lowest BCUT2D eigenvalue weighted by molar-refractivity contribution is -0.0205. The van der Waals surface area contributed by atoms with Crippen molar-refractivity contribution in [3.8, 4) is 0 Å². The summed E-state index contributed by atoms with van der Waals surface area (Å²) in [5, 5.41) is 0. The van der Waals surface area contributed by atoms with Gasteiger partial charge < -0.3 is 10.6 Å². The fraction of sp³-hybridized carbons (Fsp3) is 1.00. The number of nitrogens with zero attached hydrogens (tertiary/aromatic N) is 2. The number of hydrogen-bond donors (Lipinski definition) is 1. The van der Waals surface area contributed by atoms with Crippen LogP contribution in [0.5, 0.6) is 0 Å². The fourth-order valence-electron chi connectivity index (χ4n) is 5.08. The van der Waals surface area contributed by atoms with Crippen LogP contribution >= 0.6 is 0 Å². The Hall–Kier alpha value is -0.120. The van der Waals surface area contributed by atoms with Gasteiger partial charge in [0.1, 0.15) is 0 Å². The molecule has 0 amide bonds. The Morgan fingerprint density at radius 1 is 1.16 bits per heavy atom. The summed E-state index contributed by atoms with van der Waals surface area (Å²) in [7, 11) is 2.27. The Morgan fingerprint density at radius 3 is 2.58 bits per heavy atom. The molecule has 2 saturated heterocycles. The highest BCUT2D eigenvalue weighted by molar-refractivity contribution is 5.06. The molecular formula is C16H31N3. The van der Waals surface area contributed by atoms with Crippen LogP contribution in [-0.4, -0.2) is 54.1 Å². The van der Waals surface area contributed by atoms with Gasteiger partial charge in [0.25, 0.3) is 0 Å². The number of hydrogen-bond acceptors (Lipinski definition) is 3. The Labute approximate surface area is 118 Å². The maximum atomic E-state index is 6.28. The average Bonchev–Trinajstić information content (AvgIpc) is 2.74. The van der Waals surface area contributed by atoms with Crippen LogP contribution in [0.1, 0.15) is 51.9 Å². The number of rotatable bonds is 2. The second-order valence-corrected chi connectivity index (χ2v) is 7.34. The molecule has 0 spiro atoms. The van der Waals surface area contributed by atoms with Crippen LogP contribution in [0.3, 0.4) is 0 Å². The van der Waals surface area contributed by atoms with Crippen molar-refractivity contribution < 1.29 is 0 Å². The van der Waals surface area contributed by atoms with Gasteiger partial charge in [-0.1, -0.05) is 12.8 Å². The number of likely N-dealkylation sites (N-methyl/N-ethyl adjacent to an activating group) is 1. The van der Waals surface area contributed by atoms with Crippen LogP contribution < -0.4 is 5.73 Å². The van der Waals surface area contributed by atoms with E-state index in [0.29, 0.717) is 6.04 Å². The van der Waals surface area contributed by atoms with Crippen molar-refractivity contribution in [1.82, 2.24) is 9.80 Å². The van der Waals surface area contributed by atoms with E-state index in [2.05, 4.69) is 23.8 Å². The number of fused-ring (bicyclic) bond motifs is 1. The van der Waals surface area contributed by atoms with Gasteiger partial charge in [0.15, 0.2) is 0 Å². The minimum absolute atomic E-state index is 0.273. The van der Waals surface area contributed by atoms with Crippen molar-refractivity contribution in [2.24, 2.45) is 11.7 Å². The molecule has 4 unspecified atom stereocenters. The first-order valence-electron chi connectivity index (χ1n) is 8.33. The molecule has 19 heavy (non-hydrogen) atoms. The standard InChI is InChI=1S/C16H31N3/c1-13-10-16(11-17,12-18(13)2)19-9-5-7-14-6-3-4-8-15(14)19/h13-15H,3-12,17H2,1-2H3. The van der Waals surface area contributed by atoms with Gasteiger partial charge in [-0.2, -0.15) is 0 Å². The molecule has 110 valence electrons. The van der Waals surface area contributed by atoms with Gasteiger partial charge in [0.05, 0.1) is 0 Å².